The van der Waals surface area contributed by atoms with Crippen molar-refractivity contribution in [3.05, 3.63) is 18.5 Å². The van der Waals surface area contributed by atoms with Crippen molar-refractivity contribution in [3.8, 4) is 0 Å². The predicted octanol–water partition coefficient (Wildman–Crippen LogP) is 0.626. The summed E-state index contributed by atoms with van der Waals surface area (Å²) in [5.41, 5.74) is -0.820. The van der Waals surface area contributed by atoms with Gasteiger partial charge in [0.25, 0.3) is 5.91 Å². The lowest BCUT2D eigenvalue weighted by molar-refractivity contribution is -0.140. The van der Waals surface area contributed by atoms with Crippen molar-refractivity contribution >= 4 is 23.8 Å². The summed E-state index contributed by atoms with van der Waals surface area (Å²) < 4.78 is 0. The third-order valence-electron chi connectivity index (χ3n) is 6.26. The normalized spacial score (nSPS) is 28.0. The molecule has 4 amide bonds. The van der Waals surface area contributed by atoms with Crippen LogP contribution in [-0.4, -0.2) is 75.9 Å². The summed E-state index contributed by atoms with van der Waals surface area (Å²) in [5, 5.41) is 2.90. The number of amides is 4. The number of anilines is 1. The molecule has 0 bridgehead atoms. The zero-order chi connectivity index (χ0) is 19.7. The fraction of sp³-hybridized carbons (Fsp3) is 0.632. The number of aromatic nitrogens is 2. The maximum atomic E-state index is 13.0. The molecule has 1 aromatic rings. The van der Waals surface area contributed by atoms with E-state index in [-0.39, 0.29) is 24.3 Å². The first-order valence-electron chi connectivity index (χ1n) is 9.95. The Kier molecular flexibility index (Phi) is 4.91. The Balaban J connectivity index is 1.36. The third kappa shape index (κ3) is 3.18. The lowest BCUT2D eigenvalue weighted by atomic mass is 9.73. The summed E-state index contributed by atoms with van der Waals surface area (Å²) in [6, 6.07) is 1.32. The molecule has 0 unspecified atom stereocenters. The summed E-state index contributed by atoms with van der Waals surface area (Å²) in [6.07, 6.45) is 6.94. The maximum Gasteiger partial charge on any atom is 0.325 e. The number of nitrogens with zero attached hydrogens (tertiary/aromatic N) is 5. The maximum absolute atomic E-state index is 13.0. The van der Waals surface area contributed by atoms with Gasteiger partial charge in [0.15, 0.2) is 0 Å². The molecule has 9 heteroatoms. The van der Waals surface area contributed by atoms with Crippen LogP contribution in [0.5, 0.6) is 0 Å². The minimum atomic E-state index is -0.820. The van der Waals surface area contributed by atoms with E-state index in [0.717, 1.165) is 24.2 Å². The van der Waals surface area contributed by atoms with Crippen molar-refractivity contribution in [2.24, 2.45) is 5.92 Å². The average Bonchev–Trinajstić information content (AvgIpc) is 2.96. The molecular weight excluding hydrogens is 360 g/mol. The topological polar surface area (TPSA) is 98.7 Å². The molecule has 1 saturated carbocycles. The number of hydrogen-bond acceptors (Lipinski definition) is 6. The average molecular weight is 386 g/mol. The molecule has 1 N–H and O–H groups in total. The molecule has 2 aliphatic heterocycles. The number of carbonyl (C=O) groups is 3. The highest BCUT2D eigenvalue weighted by atomic mass is 16.2. The van der Waals surface area contributed by atoms with Gasteiger partial charge in [-0.25, -0.2) is 14.8 Å². The molecule has 2 atom stereocenters. The van der Waals surface area contributed by atoms with Gasteiger partial charge in [-0.15, -0.1) is 0 Å². The molecule has 1 aromatic heterocycles. The van der Waals surface area contributed by atoms with E-state index in [0.29, 0.717) is 38.5 Å². The Hall–Kier alpha value is -2.71. The van der Waals surface area contributed by atoms with Gasteiger partial charge in [0.05, 0.1) is 0 Å². The molecule has 28 heavy (non-hydrogen) atoms. The Bertz CT molecular complexity index is 764. The van der Waals surface area contributed by atoms with Crippen molar-refractivity contribution in [3.63, 3.8) is 0 Å². The van der Waals surface area contributed by atoms with Crippen LogP contribution in [-0.2, 0) is 9.59 Å². The van der Waals surface area contributed by atoms with Crippen LogP contribution in [0.3, 0.4) is 0 Å². The quantitative estimate of drug-likeness (QED) is 0.765. The molecule has 3 heterocycles. The van der Waals surface area contributed by atoms with E-state index in [1.807, 2.05) is 11.8 Å². The van der Waals surface area contributed by atoms with Crippen molar-refractivity contribution in [2.75, 3.05) is 37.6 Å². The van der Waals surface area contributed by atoms with Crippen LogP contribution in [0.15, 0.2) is 18.5 Å². The van der Waals surface area contributed by atoms with Gasteiger partial charge < -0.3 is 15.1 Å². The number of piperazine rings is 1. The molecule has 150 valence electrons. The van der Waals surface area contributed by atoms with Gasteiger partial charge in [0.2, 0.25) is 11.9 Å². The molecular formula is C19H26N6O3. The smallest absolute Gasteiger partial charge is 0.325 e. The van der Waals surface area contributed by atoms with E-state index in [1.165, 1.54) is 0 Å². The molecule has 3 fully saturated rings. The number of rotatable bonds is 3. The van der Waals surface area contributed by atoms with Crippen LogP contribution in [0.2, 0.25) is 0 Å². The van der Waals surface area contributed by atoms with Gasteiger partial charge in [-0.05, 0) is 24.8 Å². The van der Waals surface area contributed by atoms with Crippen LogP contribution in [0.4, 0.5) is 10.7 Å². The second kappa shape index (κ2) is 7.37. The van der Waals surface area contributed by atoms with Gasteiger partial charge in [0, 0.05) is 38.6 Å². The van der Waals surface area contributed by atoms with Crippen LogP contribution in [0.25, 0.3) is 0 Å². The van der Waals surface area contributed by atoms with Gasteiger partial charge in [-0.1, -0.05) is 19.8 Å². The molecule has 2 saturated heterocycles. The first kappa shape index (κ1) is 18.6. The molecule has 4 rings (SSSR count). The predicted molar refractivity (Wildman–Crippen MR) is 101 cm³/mol. The van der Waals surface area contributed by atoms with Crippen molar-refractivity contribution in [2.45, 2.75) is 38.1 Å². The highest BCUT2D eigenvalue weighted by Gasteiger charge is 2.55. The van der Waals surface area contributed by atoms with Crippen LogP contribution in [0.1, 0.15) is 32.6 Å². The minimum Gasteiger partial charge on any atom is -0.338 e. The molecule has 0 aromatic carbocycles. The highest BCUT2D eigenvalue weighted by Crippen LogP contribution is 2.38. The Morgan fingerprint density at radius 1 is 1.18 bits per heavy atom. The summed E-state index contributed by atoms with van der Waals surface area (Å²) in [5.74, 6) is 0.302. The number of urea groups is 1. The first-order valence-corrected chi connectivity index (χ1v) is 9.95. The first-order chi connectivity index (χ1) is 13.5. The van der Waals surface area contributed by atoms with Gasteiger partial charge in [-0.3, -0.25) is 14.5 Å². The van der Waals surface area contributed by atoms with Crippen LogP contribution >= 0.6 is 0 Å². The number of nitrogens with one attached hydrogen (secondary N) is 1. The minimum absolute atomic E-state index is 0.0900. The molecule has 1 spiro atoms. The van der Waals surface area contributed by atoms with Crippen LogP contribution in [0, 0.1) is 5.92 Å². The van der Waals surface area contributed by atoms with E-state index in [4.69, 9.17) is 0 Å². The number of hydrogen-bond donors (Lipinski definition) is 1. The second-order valence-corrected chi connectivity index (χ2v) is 7.86. The molecule has 0 radical (unpaired) electrons. The van der Waals surface area contributed by atoms with E-state index < -0.39 is 11.6 Å². The molecule has 3 aliphatic rings. The molecule has 9 nitrogen and oxygen atoms in total. The van der Waals surface area contributed by atoms with Gasteiger partial charge in [0.1, 0.15) is 12.1 Å². The standard InChI is InChI=1S/C19H26N6O3/c1-14-5-2-3-6-19(14)16(27)25(18(28)22-19)13-15(26)23-9-11-24(12-10-23)17-20-7-4-8-21-17/h4,7-8,14H,2-3,5-6,9-13H2,1H3,(H,22,28)/t14-,19-/m1/s1. The van der Waals surface area contributed by atoms with Gasteiger partial charge >= 0.3 is 6.03 Å². The zero-order valence-corrected chi connectivity index (χ0v) is 16.1. The van der Waals surface area contributed by atoms with E-state index >= 15 is 0 Å². The van der Waals surface area contributed by atoms with E-state index in [1.54, 1.807) is 23.4 Å². The van der Waals surface area contributed by atoms with E-state index in [2.05, 4.69) is 15.3 Å². The third-order valence-corrected chi connectivity index (χ3v) is 6.26. The fourth-order valence-electron chi connectivity index (χ4n) is 4.48. The van der Waals surface area contributed by atoms with Crippen LogP contribution < -0.4 is 10.2 Å². The Labute approximate surface area is 164 Å². The Morgan fingerprint density at radius 3 is 2.57 bits per heavy atom. The number of imide groups is 1. The fourth-order valence-corrected chi connectivity index (χ4v) is 4.48. The van der Waals surface area contributed by atoms with Crippen molar-refractivity contribution in [1.82, 2.24) is 25.1 Å². The lowest BCUT2D eigenvalue weighted by Gasteiger charge is -2.37. The zero-order valence-electron chi connectivity index (χ0n) is 16.1. The largest absolute Gasteiger partial charge is 0.338 e. The summed E-state index contributed by atoms with van der Waals surface area (Å²) in [6.45, 7) is 4.09. The summed E-state index contributed by atoms with van der Waals surface area (Å²) in [4.78, 5) is 51.5. The monoisotopic (exact) mass is 386 g/mol. The summed E-state index contributed by atoms with van der Waals surface area (Å²) in [7, 11) is 0. The Morgan fingerprint density at radius 2 is 1.89 bits per heavy atom. The van der Waals surface area contributed by atoms with Crippen molar-refractivity contribution in [1.29, 1.82) is 0 Å². The lowest BCUT2D eigenvalue weighted by Crippen LogP contribution is -2.55. The van der Waals surface area contributed by atoms with Crippen molar-refractivity contribution < 1.29 is 14.4 Å². The van der Waals surface area contributed by atoms with E-state index in [9.17, 15) is 14.4 Å². The highest BCUT2D eigenvalue weighted by molar-refractivity contribution is 6.09. The second-order valence-electron chi connectivity index (χ2n) is 7.86. The van der Waals surface area contributed by atoms with Gasteiger partial charge in [-0.2, -0.15) is 0 Å². The molecule has 1 aliphatic carbocycles. The SMILES string of the molecule is C[C@@H]1CCCC[C@@]12NC(=O)N(CC(=O)N1CCN(c3ncccn3)CC1)C2=O. The summed E-state index contributed by atoms with van der Waals surface area (Å²) >= 11 is 0. The number of carbonyl (C=O) groups excluding carboxylic acids is 3.